The fourth-order valence-corrected chi connectivity index (χ4v) is 9.94. The Hall–Kier alpha value is -4.68. The zero-order valence-electron chi connectivity index (χ0n) is 34.7. The summed E-state index contributed by atoms with van der Waals surface area (Å²) < 4.78 is 35.8. The number of carbonyl (C=O) groups excluding carboxylic acids is 5. The first-order chi connectivity index (χ1) is 28.2. The van der Waals surface area contributed by atoms with E-state index in [0.29, 0.717) is 6.54 Å². The van der Waals surface area contributed by atoms with E-state index in [0.717, 1.165) is 26.7 Å². The smallest absolute Gasteiger partial charge is 0.338 e. The first-order valence-electron chi connectivity index (χ1n) is 20.1. The third-order valence-electron chi connectivity index (χ3n) is 13.0. The molecule has 2 heterocycles. The number of thiocarbonyl (C=S) groups is 1. The molecule has 1 aromatic carbocycles. The zero-order valence-corrected chi connectivity index (χ0v) is 35.5. The van der Waals surface area contributed by atoms with Crippen LogP contribution < -0.4 is 10.6 Å². The maximum atomic E-state index is 15.4. The number of hydrogen-bond acceptors (Lipinski definition) is 15. The Balaban J connectivity index is 1.52. The minimum absolute atomic E-state index is 0.0203. The molecule has 1 aliphatic heterocycles. The topological polar surface area (TPSA) is 229 Å². The van der Waals surface area contributed by atoms with Crippen molar-refractivity contribution in [2.45, 2.75) is 128 Å². The summed E-state index contributed by atoms with van der Waals surface area (Å²) in [7, 11) is 0. The average Bonchev–Trinajstić information content (AvgIpc) is 3.73. The minimum atomic E-state index is -2.36. The van der Waals surface area contributed by atoms with Crippen LogP contribution in [0.1, 0.15) is 96.3 Å². The lowest BCUT2D eigenvalue weighted by Crippen LogP contribution is -2.82. The van der Waals surface area contributed by atoms with E-state index >= 15 is 4.79 Å². The molecule has 326 valence electrons. The Bertz CT molecular complexity index is 2020. The molecular weight excluding hydrogens is 801 g/mol. The predicted molar refractivity (Wildman–Crippen MR) is 215 cm³/mol. The normalized spacial score (nSPS) is 32.6. The summed E-state index contributed by atoms with van der Waals surface area (Å²) in [6.45, 7) is 10.6. The Kier molecular flexibility index (Phi) is 12.7. The van der Waals surface area contributed by atoms with E-state index in [2.05, 4.69) is 10.6 Å². The molecule has 0 radical (unpaired) electrons. The summed E-state index contributed by atoms with van der Waals surface area (Å²) in [6, 6.07) is 9.74. The lowest BCUT2D eigenvalue weighted by Gasteiger charge is -2.67. The third kappa shape index (κ3) is 7.63. The SMILES string of the molecule is CCCCNC(=S)N[C@@H](c1ccco1)[C@@H](O)C(=O)O[C@H]1CC2(O)[C@@H](OC(=O)c3ccccc3)[C@H]3[C@](C)(C(=O)[C@H](OC(C)=O)C(=C1C)C2(C)C)[C@@H](O)CC1OC[C@]13OC(C)=O. The van der Waals surface area contributed by atoms with Crippen molar-refractivity contribution >= 4 is 47.0 Å². The molecule has 2 aromatic rings. The standard InChI is InChI=1S/C43H54N2O14S/c1-8-9-17-44-39(60)45-31(26-16-13-18-54-26)32(49)38(52)57-27-20-43(53)36(58-37(51)25-14-11-10-12-15-25)34-41(7,28(48)19-29-42(34,21-55-29)59-24(4)47)35(50)33(56-23(3)46)30(22(27)2)40(43,5)6/h10-16,18,27-29,31-34,36,48-49,53H,8-9,17,19-21H2,1-7H3,(H2,44,45,60)/t27-,28-,29?,31-,32+,33+,34-,36-,41+,42-,43?/m0/s1. The van der Waals surface area contributed by atoms with Crippen LogP contribution in [0.3, 0.4) is 0 Å². The number of fused-ring (bicyclic) bond motifs is 5. The number of Topliss-reactive ketones (excluding diaryl/α,β-unsaturated/α-hetero) is 1. The number of ether oxygens (including phenoxy) is 5. The van der Waals surface area contributed by atoms with Crippen LogP contribution in [-0.2, 0) is 42.9 Å². The van der Waals surface area contributed by atoms with Gasteiger partial charge >= 0.3 is 23.9 Å². The zero-order chi connectivity index (χ0) is 43.9. The Morgan fingerprint density at radius 1 is 1.02 bits per heavy atom. The molecule has 11 atom stereocenters. The number of ketones is 1. The number of nitrogens with one attached hydrogen (secondary N) is 2. The van der Waals surface area contributed by atoms with Crippen molar-refractivity contribution < 1.29 is 67.4 Å². The van der Waals surface area contributed by atoms with E-state index < -0.39 is 107 Å². The molecular formula is C43H54N2O14S. The van der Waals surface area contributed by atoms with Crippen LogP contribution in [0, 0.1) is 16.7 Å². The van der Waals surface area contributed by atoms with Crippen LogP contribution >= 0.6 is 12.2 Å². The highest BCUT2D eigenvalue weighted by molar-refractivity contribution is 7.80. The van der Waals surface area contributed by atoms with Crippen LogP contribution in [0.2, 0.25) is 0 Å². The van der Waals surface area contributed by atoms with Crippen molar-refractivity contribution in [3.63, 3.8) is 0 Å². The van der Waals surface area contributed by atoms with E-state index in [1.807, 2.05) is 6.92 Å². The van der Waals surface area contributed by atoms with E-state index in [9.17, 15) is 34.5 Å². The number of rotatable bonds is 12. The molecule has 6 rings (SSSR count). The molecule has 2 bridgehead atoms. The quantitative estimate of drug-likeness (QED) is 0.0679. The molecule has 3 aliphatic carbocycles. The fourth-order valence-electron chi connectivity index (χ4n) is 9.71. The summed E-state index contributed by atoms with van der Waals surface area (Å²) in [4.78, 5) is 69.7. The van der Waals surface area contributed by atoms with Crippen molar-refractivity contribution in [2.24, 2.45) is 16.7 Å². The van der Waals surface area contributed by atoms with Gasteiger partial charge in [-0.2, -0.15) is 0 Å². The molecule has 16 nitrogen and oxygen atoms in total. The Morgan fingerprint density at radius 3 is 2.30 bits per heavy atom. The van der Waals surface area contributed by atoms with Gasteiger partial charge in [0.1, 0.15) is 35.7 Å². The van der Waals surface area contributed by atoms with E-state index in [-0.39, 0.29) is 40.6 Å². The van der Waals surface area contributed by atoms with Gasteiger partial charge in [-0.15, -0.1) is 0 Å². The molecule has 2 unspecified atom stereocenters. The summed E-state index contributed by atoms with van der Waals surface area (Å²) in [5.41, 5.74) is -7.48. The number of benzene rings is 1. The van der Waals surface area contributed by atoms with Gasteiger partial charge < -0.3 is 54.1 Å². The number of aliphatic hydroxyl groups excluding tert-OH is 2. The number of furan rings is 1. The lowest BCUT2D eigenvalue weighted by atomic mass is 9.44. The molecule has 3 fully saturated rings. The van der Waals surface area contributed by atoms with Crippen LogP contribution in [0.5, 0.6) is 0 Å². The fraction of sp³-hybridized carbons (Fsp3) is 0.581. The van der Waals surface area contributed by atoms with Crippen LogP contribution in [0.15, 0.2) is 64.3 Å². The second kappa shape index (κ2) is 17.0. The number of unbranched alkanes of at least 4 members (excludes halogenated alkanes) is 1. The average molecular weight is 855 g/mol. The van der Waals surface area contributed by atoms with Gasteiger partial charge in [0.05, 0.1) is 35.9 Å². The highest BCUT2D eigenvalue weighted by atomic mass is 32.1. The van der Waals surface area contributed by atoms with E-state index in [4.69, 9.17) is 40.3 Å². The van der Waals surface area contributed by atoms with Crippen LogP contribution in [0.25, 0.3) is 0 Å². The van der Waals surface area contributed by atoms with Crippen LogP contribution in [-0.4, -0.2) is 111 Å². The van der Waals surface area contributed by atoms with E-state index in [1.165, 1.54) is 31.4 Å². The highest BCUT2D eigenvalue weighted by Gasteiger charge is 2.78. The number of carbonyl (C=O) groups is 5. The van der Waals surface area contributed by atoms with Crippen molar-refractivity contribution in [3.8, 4) is 0 Å². The maximum Gasteiger partial charge on any atom is 0.338 e. The molecule has 0 spiro atoms. The lowest BCUT2D eigenvalue weighted by molar-refractivity contribution is -0.346. The second-order valence-electron chi connectivity index (χ2n) is 16.9. The van der Waals surface area contributed by atoms with Gasteiger partial charge in [0.2, 0.25) is 0 Å². The molecule has 1 saturated heterocycles. The molecule has 4 aliphatic rings. The van der Waals surface area contributed by atoms with Gasteiger partial charge in [0.25, 0.3) is 0 Å². The Morgan fingerprint density at radius 2 is 1.72 bits per heavy atom. The highest BCUT2D eigenvalue weighted by Crippen LogP contribution is 2.64. The number of esters is 4. The number of aliphatic hydroxyl groups is 3. The van der Waals surface area contributed by atoms with E-state index in [1.54, 1.807) is 45.0 Å². The van der Waals surface area contributed by atoms with Gasteiger partial charge in [-0.1, -0.05) is 45.4 Å². The van der Waals surface area contributed by atoms with Gasteiger partial charge in [-0.3, -0.25) is 14.4 Å². The predicted octanol–water partition coefficient (Wildman–Crippen LogP) is 3.16. The van der Waals surface area contributed by atoms with Gasteiger partial charge in [-0.05, 0) is 67.9 Å². The monoisotopic (exact) mass is 854 g/mol. The number of hydrogen-bond donors (Lipinski definition) is 5. The van der Waals surface area contributed by atoms with Gasteiger partial charge in [0.15, 0.2) is 28.7 Å². The molecule has 60 heavy (non-hydrogen) atoms. The van der Waals surface area contributed by atoms with Gasteiger partial charge in [-0.25, -0.2) is 9.59 Å². The summed E-state index contributed by atoms with van der Waals surface area (Å²) in [6.07, 6.45) is -7.21. The van der Waals surface area contributed by atoms with Gasteiger partial charge in [0, 0.05) is 38.6 Å². The van der Waals surface area contributed by atoms with Crippen molar-refractivity contribution in [1.82, 2.24) is 10.6 Å². The van der Waals surface area contributed by atoms with Crippen molar-refractivity contribution in [1.29, 1.82) is 0 Å². The summed E-state index contributed by atoms with van der Waals surface area (Å²) in [5.74, 6) is -5.97. The largest absolute Gasteiger partial charge is 0.467 e. The molecule has 1 aromatic heterocycles. The minimum Gasteiger partial charge on any atom is -0.467 e. The second-order valence-corrected chi connectivity index (χ2v) is 17.3. The first kappa shape index (κ1) is 44.9. The van der Waals surface area contributed by atoms with Crippen molar-refractivity contribution in [3.05, 3.63) is 71.2 Å². The summed E-state index contributed by atoms with van der Waals surface area (Å²) in [5, 5.41) is 43.4. The molecule has 17 heteroatoms. The summed E-state index contributed by atoms with van der Waals surface area (Å²) >= 11 is 5.45. The van der Waals surface area contributed by atoms with Crippen LogP contribution in [0.4, 0.5) is 0 Å². The molecule has 5 N–H and O–H groups in total. The first-order valence-corrected chi connectivity index (χ1v) is 20.5. The maximum absolute atomic E-state index is 15.4. The third-order valence-corrected chi connectivity index (χ3v) is 13.2. The Labute approximate surface area is 353 Å². The van der Waals surface area contributed by atoms with Crippen molar-refractivity contribution in [2.75, 3.05) is 13.2 Å². The molecule has 0 amide bonds. The molecule has 2 saturated carbocycles.